The maximum absolute atomic E-state index is 12.2. The number of aromatic amines is 5. The highest BCUT2D eigenvalue weighted by molar-refractivity contribution is 7.73. The van der Waals surface area contributed by atoms with E-state index in [1.54, 1.807) is 6.20 Å². The second kappa shape index (κ2) is 51.6. The fraction of sp³-hybridized carbons (Fsp3) is 0.706. The molecule has 45 heteroatoms. The molecule has 0 radical (unpaired) electrons. The molecule has 0 aromatic carbocycles. The Labute approximate surface area is 764 Å². The molecule has 10 heterocycles. The van der Waals surface area contributed by atoms with Gasteiger partial charge in [0.1, 0.15) is 73.2 Å². The largest absolute Gasteiger partial charge is 0.388 e. The normalized spacial score (nSPS) is 26.3. The first-order valence-corrected chi connectivity index (χ1v) is 60.1. The predicted molar refractivity (Wildman–Crippen MR) is 528 cm³/mol. The molecule has 0 saturated carbocycles. The number of H-pyrrole nitrogens is 5. The van der Waals surface area contributed by atoms with Crippen molar-refractivity contribution in [2.24, 2.45) is 0 Å². The van der Waals surface area contributed by atoms with Crippen molar-refractivity contribution in [1.82, 2.24) is 74.3 Å². The van der Waals surface area contributed by atoms with Gasteiger partial charge in [-0.1, -0.05) is 34.6 Å². The Morgan fingerprint density at radius 2 is 0.562 bits per heavy atom. The Balaban J connectivity index is 0.000000250. The summed E-state index contributed by atoms with van der Waals surface area (Å²) in [5.74, 6) is 0. The molecule has 20 atom stereocenters. The van der Waals surface area contributed by atoms with Gasteiger partial charge in [0.25, 0.3) is 27.8 Å². The number of rotatable bonds is 40. The zero-order valence-corrected chi connectivity index (χ0v) is 83.5. The van der Waals surface area contributed by atoms with Gasteiger partial charge in [-0.15, -0.1) is 65.9 Å². The van der Waals surface area contributed by atoms with Gasteiger partial charge in [0, 0.05) is 67.3 Å². The Bertz CT molecular complexity index is 4600. The average Bonchev–Trinajstić information content (AvgIpc) is 1.62. The summed E-state index contributed by atoms with van der Waals surface area (Å²) in [7, 11) is 0. The summed E-state index contributed by atoms with van der Waals surface area (Å²) in [6.07, 6.45) is 20.5. The highest BCUT2D eigenvalue weighted by atomic mass is 32.1. The Kier molecular flexibility index (Phi) is 45.0. The molecule has 10 rings (SSSR count). The SMILES string of the molecule is C=P(C)(C)CC[C@H]1O[C@@H](c2cn(CNCCC)c(=O)[nH]c2=O)[C@H](O)[C@@H]1O.C=P(C)(C)CC[C@H]1O[C@@H](c2cn(CNCCC)c(=O)[nH]c2=O)[C@H](O)[C@@H]1O.C=P(C)(C)CC[C@H]1O[C@@H](n2cc(CNCCC)c(=O)[nH]c2=O)[C@H](O)[C@@H]1O.C=P(C)(C)CC[C@H]1O[C@@H](n2cc(CNCCC)c(=O)[nH]c2=O)[C@H](O)[C@@H]1O.C=P(C)(C)CC[C@H]1O[C@@H](n2cc(CNCCC)c(=O)[nH]c2=S)[C@H](O)[C@@H]1O. The summed E-state index contributed by atoms with van der Waals surface area (Å²) in [5, 5.41) is 119. The molecule has 0 amide bonds. The Morgan fingerprint density at radius 3 is 0.838 bits per heavy atom. The minimum absolute atomic E-state index is 0.139. The summed E-state index contributed by atoms with van der Waals surface area (Å²) < 4.78 is 35.7. The fourth-order valence-electron chi connectivity index (χ4n) is 14.6. The van der Waals surface area contributed by atoms with E-state index in [1.807, 2.05) is 34.6 Å². The average molecular weight is 1950 g/mol. The molecular weight excluding hydrogens is 1800 g/mol. The van der Waals surface area contributed by atoms with Gasteiger partial charge in [0.15, 0.2) is 23.5 Å². The first-order valence-electron chi connectivity index (χ1n) is 44.4. The molecule has 0 bridgehead atoms. The van der Waals surface area contributed by atoms with E-state index in [-0.39, 0.29) is 34.8 Å². The molecule has 5 aliphatic rings. The van der Waals surface area contributed by atoms with Gasteiger partial charge in [-0.2, -0.15) is 0 Å². The molecule has 5 saturated heterocycles. The van der Waals surface area contributed by atoms with E-state index < -0.39 is 202 Å². The van der Waals surface area contributed by atoms with Crippen molar-refractivity contribution in [3.8, 4) is 0 Å². The summed E-state index contributed by atoms with van der Waals surface area (Å²) >= 11 is 5.24. The Morgan fingerprint density at radius 1 is 0.323 bits per heavy atom. The van der Waals surface area contributed by atoms with E-state index >= 15 is 0 Å². The zero-order chi connectivity index (χ0) is 97.4. The van der Waals surface area contributed by atoms with Crippen molar-refractivity contribution < 1.29 is 74.7 Å². The van der Waals surface area contributed by atoms with Gasteiger partial charge in [-0.05, 0) is 207 Å². The van der Waals surface area contributed by atoms with E-state index in [0.717, 1.165) is 105 Å². The number of hydrogen-bond donors (Lipinski definition) is 20. The fourth-order valence-corrected chi connectivity index (χ4v) is 19.7. The molecule has 20 N–H and O–H groups in total. The molecule has 740 valence electrons. The van der Waals surface area contributed by atoms with Crippen LogP contribution in [0.4, 0.5) is 0 Å². The highest BCUT2D eigenvalue weighted by Gasteiger charge is 2.49. The smallest absolute Gasteiger partial charge is 0.330 e. The maximum atomic E-state index is 12.2. The van der Waals surface area contributed by atoms with Crippen LogP contribution in [-0.4, -0.2) is 352 Å². The molecule has 5 aromatic rings. The third kappa shape index (κ3) is 34.3. The number of aliphatic hydroxyl groups is 10. The number of aliphatic hydroxyl groups excluding tert-OH is 10. The van der Waals surface area contributed by atoms with Crippen molar-refractivity contribution >= 4 is 78.1 Å². The topological polar surface area (TPSA) is 566 Å². The molecule has 5 aliphatic heterocycles. The summed E-state index contributed by atoms with van der Waals surface area (Å²) in [4.78, 5) is 120. The van der Waals surface area contributed by atoms with Crippen LogP contribution in [0.15, 0.2) is 74.1 Å². The summed E-state index contributed by atoms with van der Waals surface area (Å²) in [5.41, 5.74) is -3.29. The number of nitrogens with one attached hydrogen (secondary N) is 10. The molecule has 130 heavy (non-hydrogen) atoms. The van der Waals surface area contributed by atoms with Crippen molar-refractivity contribution in [3.63, 3.8) is 0 Å². The quantitative estimate of drug-likeness (QED) is 0.0141. The molecule has 5 aromatic heterocycles. The zero-order valence-electron chi connectivity index (χ0n) is 78.2. The minimum Gasteiger partial charge on any atom is -0.388 e. The molecule has 0 aliphatic carbocycles. The second-order valence-corrected chi connectivity index (χ2v) is 59.4. The number of hydrogen-bond acceptors (Lipinski definition) is 30. The van der Waals surface area contributed by atoms with Crippen molar-refractivity contribution in [2.45, 2.75) is 254 Å². The first-order chi connectivity index (χ1) is 60.7. The van der Waals surface area contributed by atoms with E-state index in [2.05, 4.69) is 150 Å². The van der Waals surface area contributed by atoms with Gasteiger partial charge in [0.05, 0.1) is 55.0 Å². The third-order valence-corrected chi connectivity index (χ3v) is 29.8. The van der Waals surface area contributed by atoms with Crippen LogP contribution in [0.5, 0.6) is 0 Å². The lowest BCUT2D eigenvalue weighted by atomic mass is 10.0. The number of aromatic nitrogens is 10. The van der Waals surface area contributed by atoms with Gasteiger partial charge in [-0.3, -0.25) is 82.4 Å². The monoisotopic (exact) mass is 1950 g/mol. The third-order valence-electron chi connectivity index (χ3n) is 22.1. The van der Waals surface area contributed by atoms with Crippen LogP contribution in [0.1, 0.15) is 158 Å². The maximum Gasteiger partial charge on any atom is 0.330 e. The molecule has 5 fully saturated rings. The van der Waals surface area contributed by atoms with E-state index in [1.165, 1.54) is 38.5 Å². The van der Waals surface area contributed by atoms with Crippen molar-refractivity contribution in [1.29, 1.82) is 0 Å². The van der Waals surface area contributed by atoms with Crippen molar-refractivity contribution in [3.05, 3.63) is 157 Å². The van der Waals surface area contributed by atoms with Gasteiger partial charge in [-0.25, -0.2) is 19.2 Å². The predicted octanol–water partition coefficient (Wildman–Crippen LogP) is 0.143. The van der Waals surface area contributed by atoms with Crippen LogP contribution < -0.4 is 77.1 Å². The van der Waals surface area contributed by atoms with Crippen LogP contribution in [0.25, 0.3) is 0 Å². The molecule has 0 spiro atoms. The van der Waals surface area contributed by atoms with Crippen molar-refractivity contribution in [2.75, 3.05) is 130 Å². The lowest BCUT2D eigenvalue weighted by Gasteiger charge is -2.20. The van der Waals surface area contributed by atoms with Crippen LogP contribution in [0.2, 0.25) is 0 Å². The van der Waals surface area contributed by atoms with E-state index in [4.69, 9.17) is 35.9 Å². The lowest BCUT2D eigenvalue weighted by molar-refractivity contribution is -0.0404. The second-order valence-electron chi connectivity index (χ2n) is 37.5. The van der Waals surface area contributed by atoms with Gasteiger partial charge in [0.2, 0.25) is 0 Å². The van der Waals surface area contributed by atoms with Crippen LogP contribution in [0.3, 0.4) is 0 Å². The summed E-state index contributed by atoms with van der Waals surface area (Å²) in [6.45, 7) is 29.8. The molecule has 39 nitrogen and oxygen atoms in total. The number of nitrogens with zero attached hydrogens (tertiary/aromatic N) is 5. The molecule has 0 unspecified atom stereocenters. The highest BCUT2D eigenvalue weighted by Crippen LogP contribution is 2.45. The number of ether oxygens (including phenoxy) is 5. The van der Waals surface area contributed by atoms with E-state index in [0.29, 0.717) is 68.4 Å². The molecular formula is C85H150N15O24P5S. The van der Waals surface area contributed by atoms with Crippen LogP contribution in [0, 0.1) is 4.77 Å². The first kappa shape index (κ1) is 113. The Hall–Kier alpha value is -5.48. The van der Waals surface area contributed by atoms with Gasteiger partial charge >= 0.3 is 22.8 Å². The van der Waals surface area contributed by atoms with Crippen LogP contribution >= 0.6 is 46.6 Å². The summed E-state index contributed by atoms with van der Waals surface area (Å²) in [6, 6.07) is 0. The van der Waals surface area contributed by atoms with Gasteiger partial charge < -0.3 is 90.7 Å². The van der Waals surface area contributed by atoms with Crippen LogP contribution in [-0.2, 0) is 56.7 Å². The van der Waals surface area contributed by atoms with E-state index in [9.17, 15) is 94.2 Å². The minimum atomic E-state index is -1.29. The standard InChI is InChI=1S/4C17H30N3O5P.C17H30N3O4PS/c2*1-5-7-18-10-20-9-11(16(23)19-17(20)24)15-14(22)13(21)12(25-15)6-8-26(2,3)4;2*1-5-7-18-9-11-10-20(17(24)19-15(11)23)16-14(22)13(21)12(25-16)6-8-26(2,3)4;1-5-7-18-9-11-10-20(17(26)19-15(11)23)16-14(22)13(21)12(24-16)6-8-25(2,3)4/h2*9,12-15,18,21-22H,2,5-8,10H2,1,3-4H3,(H,19,23,24);2*10,12-14,16,18,21-22H,2,5-9H2,1,3-4H3,(H,19,23,24);10,12-14,16,18,21-22H,2,5-9H2,1,3-4H3,(H,19,23,26)/t2*12-,13-,14-,15+;3*12-,13-,14-,16-/m11111/s1. The lowest BCUT2D eigenvalue weighted by Crippen LogP contribution is -2.39.